The summed E-state index contributed by atoms with van der Waals surface area (Å²) in [7, 11) is 1.91. The van der Waals surface area contributed by atoms with E-state index in [1.165, 1.54) is 0 Å². The predicted molar refractivity (Wildman–Crippen MR) is 131 cm³/mol. The third-order valence-corrected chi connectivity index (χ3v) is 7.14. The van der Waals surface area contributed by atoms with Crippen LogP contribution in [0.15, 0.2) is 53.3 Å². The number of carbonyl (C=O) groups excluding carboxylic acids is 1. The van der Waals surface area contributed by atoms with Crippen molar-refractivity contribution < 1.29 is 4.79 Å². The van der Waals surface area contributed by atoms with Gasteiger partial charge in [0.25, 0.3) is 5.56 Å². The number of aryl methyl sites for hydroxylation is 1. The van der Waals surface area contributed by atoms with Gasteiger partial charge >= 0.3 is 0 Å². The SMILES string of the molecule is Cn1c(=S)n(CCN2CCC(C(=O)c3ccccc3)CC2)c(=O)c2cc(I)ccc21. The molecule has 0 amide bonds. The van der Waals surface area contributed by atoms with Crippen LogP contribution in [0, 0.1) is 14.3 Å². The summed E-state index contributed by atoms with van der Waals surface area (Å²) < 4.78 is 5.19. The first-order valence-electron chi connectivity index (χ1n) is 10.2. The van der Waals surface area contributed by atoms with Crippen LogP contribution in [0.4, 0.5) is 0 Å². The maximum absolute atomic E-state index is 13.0. The Bertz CT molecular complexity index is 1190. The lowest BCUT2D eigenvalue weighted by Crippen LogP contribution is -2.39. The number of nitrogens with zero attached hydrogens (tertiary/aromatic N) is 3. The monoisotopic (exact) mass is 533 g/mol. The van der Waals surface area contributed by atoms with E-state index in [1.807, 2.05) is 60.1 Å². The minimum Gasteiger partial charge on any atom is -0.321 e. The third kappa shape index (κ3) is 4.29. The second-order valence-electron chi connectivity index (χ2n) is 7.81. The van der Waals surface area contributed by atoms with Gasteiger partial charge in [0.2, 0.25) is 0 Å². The standard InChI is InChI=1S/C23H24IN3O2S/c1-25-20-8-7-18(24)15-19(20)22(29)27(23(25)30)14-13-26-11-9-17(10-12-26)21(28)16-5-3-2-4-6-16/h2-8,15,17H,9-14H2,1H3. The zero-order chi connectivity index (χ0) is 21.3. The van der Waals surface area contributed by atoms with Gasteiger partial charge in [0.05, 0.1) is 10.9 Å². The van der Waals surface area contributed by atoms with Gasteiger partial charge in [0, 0.05) is 35.2 Å². The number of hydrogen-bond acceptors (Lipinski definition) is 4. The minimum atomic E-state index is -0.0271. The van der Waals surface area contributed by atoms with Crippen molar-refractivity contribution in [2.75, 3.05) is 19.6 Å². The molecule has 1 fully saturated rings. The molecule has 0 atom stereocenters. The topological polar surface area (TPSA) is 47.2 Å². The normalized spacial score (nSPS) is 15.5. The van der Waals surface area contributed by atoms with Crippen molar-refractivity contribution in [2.24, 2.45) is 13.0 Å². The van der Waals surface area contributed by atoms with E-state index in [0.29, 0.717) is 16.7 Å². The van der Waals surface area contributed by atoms with Crippen LogP contribution in [0.3, 0.4) is 0 Å². The maximum Gasteiger partial charge on any atom is 0.262 e. The second kappa shape index (κ2) is 9.11. The molecule has 1 saturated heterocycles. The molecule has 156 valence electrons. The van der Waals surface area contributed by atoms with Crippen molar-refractivity contribution in [1.29, 1.82) is 0 Å². The predicted octanol–water partition coefficient (Wildman–Crippen LogP) is 4.27. The summed E-state index contributed by atoms with van der Waals surface area (Å²) in [6.45, 7) is 3.04. The number of carbonyl (C=O) groups is 1. The van der Waals surface area contributed by atoms with E-state index in [0.717, 1.165) is 47.1 Å². The number of benzene rings is 2. The molecular formula is C23H24IN3O2S. The highest BCUT2D eigenvalue weighted by Crippen LogP contribution is 2.22. The lowest BCUT2D eigenvalue weighted by Gasteiger charge is -2.31. The molecule has 0 spiro atoms. The summed E-state index contributed by atoms with van der Waals surface area (Å²) in [6.07, 6.45) is 1.71. The molecule has 4 rings (SSSR count). The highest BCUT2D eigenvalue weighted by Gasteiger charge is 2.25. The van der Waals surface area contributed by atoms with Crippen LogP contribution in [-0.4, -0.2) is 39.5 Å². The van der Waals surface area contributed by atoms with Crippen molar-refractivity contribution in [3.05, 3.63) is 72.8 Å². The number of Topliss-reactive ketones (excluding diaryl/α,β-unsaturated/α-hetero) is 1. The fraction of sp³-hybridized carbons (Fsp3) is 0.348. The Labute approximate surface area is 194 Å². The molecule has 7 heteroatoms. The first kappa shape index (κ1) is 21.4. The zero-order valence-corrected chi connectivity index (χ0v) is 19.9. The molecule has 5 nitrogen and oxygen atoms in total. The fourth-order valence-electron chi connectivity index (χ4n) is 4.18. The van der Waals surface area contributed by atoms with Gasteiger partial charge in [0.1, 0.15) is 0 Å². The van der Waals surface area contributed by atoms with Gasteiger partial charge in [0.15, 0.2) is 10.6 Å². The lowest BCUT2D eigenvalue weighted by atomic mass is 9.89. The summed E-state index contributed by atoms with van der Waals surface area (Å²) in [6, 6.07) is 15.4. The highest BCUT2D eigenvalue weighted by molar-refractivity contribution is 14.1. The molecule has 0 saturated carbocycles. The number of halogens is 1. The molecule has 0 radical (unpaired) electrons. The van der Waals surface area contributed by atoms with Gasteiger partial charge in [-0.2, -0.15) is 0 Å². The molecule has 2 aromatic carbocycles. The van der Waals surface area contributed by atoms with Crippen molar-refractivity contribution in [3.63, 3.8) is 0 Å². The summed E-state index contributed by atoms with van der Waals surface area (Å²) in [5.41, 5.74) is 1.64. The highest BCUT2D eigenvalue weighted by atomic mass is 127. The van der Waals surface area contributed by atoms with E-state index in [9.17, 15) is 9.59 Å². The van der Waals surface area contributed by atoms with Crippen LogP contribution < -0.4 is 5.56 Å². The van der Waals surface area contributed by atoms with E-state index >= 15 is 0 Å². The van der Waals surface area contributed by atoms with Crippen molar-refractivity contribution in [2.45, 2.75) is 19.4 Å². The van der Waals surface area contributed by atoms with Crippen LogP contribution in [0.1, 0.15) is 23.2 Å². The molecule has 30 heavy (non-hydrogen) atoms. The Morgan fingerprint density at radius 2 is 1.80 bits per heavy atom. The first-order chi connectivity index (χ1) is 14.5. The number of aromatic nitrogens is 2. The Morgan fingerprint density at radius 1 is 1.10 bits per heavy atom. The zero-order valence-electron chi connectivity index (χ0n) is 16.9. The van der Waals surface area contributed by atoms with Gasteiger partial charge in [-0.3, -0.25) is 14.2 Å². The molecule has 0 unspecified atom stereocenters. The van der Waals surface area contributed by atoms with Gasteiger partial charge in [-0.15, -0.1) is 0 Å². The van der Waals surface area contributed by atoms with E-state index in [1.54, 1.807) is 4.57 Å². The quantitative estimate of drug-likeness (QED) is 0.279. The average molecular weight is 533 g/mol. The lowest BCUT2D eigenvalue weighted by molar-refractivity contribution is 0.0837. The average Bonchev–Trinajstić information content (AvgIpc) is 2.78. The minimum absolute atomic E-state index is 0.0271. The largest absolute Gasteiger partial charge is 0.321 e. The van der Waals surface area contributed by atoms with Gasteiger partial charge in [-0.1, -0.05) is 30.3 Å². The second-order valence-corrected chi connectivity index (χ2v) is 9.42. The summed E-state index contributed by atoms with van der Waals surface area (Å²) >= 11 is 7.80. The number of piperidine rings is 1. The Morgan fingerprint density at radius 3 is 2.50 bits per heavy atom. The summed E-state index contributed by atoms with van der Waals surface area (Å²) in [5, 5.41) is 0.699. The number of fused-ring (bicyclic) bond motifs is 1. The van der Waals surface area contributed by atoms with Crippen molar-refractivity contribution >= 4 is 51.5 Å². The number of hydrogen-bond donors (Lipinski definition) is 0. The number of likely N-dealkylation sites (tertiary alicyclic amines) is 1. The Balaban J connectivity index is 1.44. The molecule has 0 aliphatic carbocycles. The molecule has 0 bridgehead atoms. The summed E-state index contributed by atoms with van der Waals surface area (Å²) in [4.78, 5) is 28.1. The van der Waals surface area contributed by atoms with E-state index in [4.69, 9.17) is 12.2 Å². The van der Waals surface area contributed by atoms with Crippen LogP contribution in [-0.2, 0) is 13.6 Å². The molecule has 0 N–H and O–H groups in total. The van der Waals surface area contributed by atoms with Crippen molar-refractivity contribution in [1.82, 2.24) is 14.0 Å². The molecule has 1 aliphatic rings. The van der Waals surface area contributed by atoms with Crippen LogP contribution >= 0.6 is 34.8 Å². The number of rotatable bonds is 5. The van der Waals surface area contributed by atoms with E-state index < -0.39 is 0 Å². The van der Waals surface area contributed by atoms with E-state index in [-0.39, 0.29) is 17.3 Å². The fourth-order valence-corrected chi connectivity index (χ4v) is 4.95. The Hall–Kier alpha value is -1.84. The Kier molecular flexibility index (Phi) is 6.50. The molecule has 1 aliphatic heterocycles. The summed E-state index contributed by atoms with van der Waals surface area (Å²) in [5.74, 6) is 0.330. The third-order valence-electron chi connectivity index (χ3n) is 5.97. The van der Waals surface area contributed by atoms with Gasteiger partial charge < -0.3 is 9.47 Å². The molecular weight excluding hydrogens is 509 g/mol. The maximum atomic E-state index is 13.0. The molecule has 2 heterocycles. The van der Waals surface area contributed by atoms with Crippen LogP contribution in [0.2, 0.25) is 0 Å². The molecule has 1 aromatic heterocycles. The number of ketones is 1. The van der Waals surface area contributed by atoms with Crippen molar-refractivity contribution in [3.8, 4) is 0 Å². The van der Waals surface area contributed by atoms with Gasteiger partial charge in [-0.05, 0) is 78.9 Å². The van der Waals surface area contributed by atoms with Crippen LogP contribution in [0.25, 0.3) is 10.9 Å². The molecule has 3 aromatic rings. The van der Waals surface area contributed by atoms with Gasteiger partial charge in [-0.25, -0.2) is 0 Å². The van der Waals surface area contributed by atoms with Crippen LogP contribution in [0.5, 0.6) is 0 Å². The first-order valence-corrected chi connectivity index (χ1v) is 11.6. The van der Waals surface area contributed by atoms with E-state index in [2.05, 4.69) is 27.5 Å². The smallest absolute Gasteiger partial charge is 0.262 e.